The highest BCUT2D eigenvalue weighted by Gasteiger charge is 2.03. The second-order valence-corrected chi connectivity index (χ2v) is 3.75. The van der Waals surface area contributed by atoms with Crippen LogP contribution in [0.15, 0.2) is 49.1 Å². The van der Waals surface area contributed by atoms with Crippen LogP contribution in [0.25, 0.3) is 10.8 Å². The van der Waals surface area contributed by atoms with Crippen molar-refractivity contribution >= 4 is 23.0 Å². The summed E-state index contributed by atoms with van der Waals surface area (Å²) < 4.78 is 9.35. The van der Waals surface area contributed by atoms with Crippen molar-refractivity contribution in [3.8, 4) is 5.75 Å². The third kappa shape index (κ3) is 3.68. The normalized spacial score (nSPS) is 9.10. The van der Waals surface area contributed by atoms with Gasteiger partial charge in [-0.05, 0) is 17.5 Å². The molecular formula is C16H16O4. The predicted octanol–water partition coefficient (Wildman–Crippen LogP) is 3.01. The highest BCUT2D eigenvalue weighted by Crippen LogP contribution is 2.27. The second kappa shape index (κ2) is 7.74. The first-order chi connectivity index (χ1) is 9.67. The van der Waals surface area contributed by atoms with Crippen molar-refractivity contribution in [2.75, 3.05) is 14.2 Å². The number of rotatable bonds is 3. The van der Waals surface area contributed by atoms with Crippen LogP contribution in [0.3, 0.4) is 0 Å². The standard InChI is InChI=1S/C12H10O2.C4H6O2/c1-14-12-7-6-9(8-13)10-4-2-3-5-11(10)12;1-3-4(5)6-2/h2-8H,1H3;3H,1H2,2H3. The fraction of sp³-hybridized carbons (Fsp3) is 0.125. The summed E-state index contributed by atoms with van der Waals surface area (Å²) in [5.74, 6) is 0.404. The average molecular weight is 272 g/mol. The van der Waals surface area contributed by atoms with E-state index in [1.165, 1.54) is 7.11 Å². The Balaban J connectivity index is 0.000000286. The van der Waals surface area contributed by atoms with E-state index in [4.69, 9.17) is 4.74 Å². The number of esters is 1. The Labute approximate surface area is 117 Å². The first-order valence-corrected chi connectivity index (χ1v) is 5.89. The first-order valence-electron chi connectivity index (χ1n) is 5.89. The molecule has 0 amide bonds. The van der Waals surface area contributed by atoms with Crippen molar-refractivity contribution in [2.45, 2.75) is 0 Å². The summed E-state index contributed by atoms with van der Waals surface area (Å²) in [6.45, 7) is 3.16. The van der Waals surface area contributed by atoms with Gasteiger partial charge in [0, 0.05) is 17.0 Å². The lowest BCUT2D eigenvalue weighted by Crippen LogP contribution is -1.91. The predicted molar refractivity (Wildman–Crippen MR) is 78.1 cm³/mol. The minimum Gasteiger partial charge on any atom is -0.496 e. The van der Waals surface area contributed by atoms with Gasteiger partial charge in [-0.3, -0.25) is 4.79 Å². The number of fused-ring (bicyclic) bond motifs is 1. The van der Waals surface area contributed by atoms with E-state index in [-0.39, 0.29) is 0 Å². The van der Waals surface area contributed by atoms with Gasteiger partial charge in [0.1, 0.15) is 5.75 Å². The first kappa shape index (κ1) is 15.4. The van der Waals surface area contributed by atoms with E-state index in [1.54, 1.807) is 13.2 Å². The molecule has 4 nitrogen and oxygen atoms in total. The average Bonchev–Trinajstić information content (AvgIpc) is 2.53. The van der Waals surface area contributed by atoms with Gasteiger partial charge in [0.2, 0.25) is 0 Å². The molecule has 0 spiro atoms. The van der Waals surface area contributed by atoms with Crippen molar-refractivity contribution in [1.29, 1.82) is 0 Å². The maximum atomic E-state index is 10.8. The monoisotopic (exact) mass is 272 g/mol. The van der Waals surface area contributed by atoms with Crippen LogP contribution in [0.1, 0.15) is 10.4 Å². The minimum absolute atomic E-state index is 0.394. The van der Waals surface area contributed by atoms with Crippen molar-refractivity contribution in [3.63, 3.8) is 0 Å². The SMILES string of the molecule is C=CC(=O)OC.COc1ccc(C=O)c2ccccc12. The summed E-state index contributed by atoms with van der Waals surface area (Å²) in [6, 6.07) is 11.3. The molecule has 2 aromatic carbocycles. The smallest absolute Gasteiger partial charge is 0.329 e. The van der Waals surface area contributed by atoms with E-state index in [9.17, 15) is 9.59 Å². The molecule has 0 N–H and O–H groups in total. The molecule has 2 aromatic rings. The van der Waals surface area contributed by atoms with Crippen LogP contribution in [0.4, 0.5) is 0 Å². The molecular weight excluding hydrogens is 256 g/mol. The summed E-state index contributed by atoms with van der Waals surface area (Å²) in [6.07, 6.45) is 1.97. The van der Waals surface area contributed by atoms with Gasteiger partial charge in [-0.15, -0.1) is 0 Å². The maximum Gasteiger partial charge on any atom is 0.329 e. The molecule has 0 aliphatic rings. The molecule has 0 aromatic heterocycles. The molecule has 0 saturated heterocycles. The fourth-order valence-corrected chi connectivity index (χ4v) is 1.66. The Morgan fingerprint density at radius 3 is 2.20 bits per heavy atom. The van der Waals surface area contributed by atoms with Crippen LogP contribution >= 0.6 is 0 Å². The number of aldehydes is 1. The second-order valence-electron chi connectivity index (χ2n) is 3.75. The molecule has 0 aliphatic carbocycles. The number of hydrogen-bond donors (Lipinski definition) is 0. The van der Waals surface area contributed by atoms with Crippen molar-refractivity contribution < 1.29 is 19.1 Å². The van der Waals surface area contributed by atoms with Gasteiger partial charge in [-0.1, -0.05) is 30.8 Å². The molecule has 0 saturated carbocycles. The summed E-state index contributed by atoms with van der Waals surface area (Å²) in [5, 5.41) is 1.90. The van der Waals surface area contributed by atoms with Crippen LogP contribution in [0.2, 0.25) is 0 Å². The number of carbonyl (C=O) groups is 2. The Morgan fingerprint density at radius 1 is 1.10 bits per heavy atom. The fourth-order valence-electron chi connectivity index (χ4n) is 1.66. The number of hydrogen-bond acceptors (Lipinski definition) is 4. The third-order valence-electron chi connectivity index (χ3n) is 2.63. The van der Waals surface area contributed by atoms with Crippen LogP contribution < -0.4 is 4.74 Å². The summed E-state index contributed by atoms with van der Waals surface area (Å²) in [4.78, 5) is 20.6. The van der Waals surface area contributed by atoms with Gasteiger partial charge in [0.25, 0.3) is 0 Å². The Kier molecular flexibility index (Phi) is 5.97. The molecule has 20 heavy (non-hydrogen) atoms. The Hall–Kier alpha value is -2.62. The van der Waals surface area contributed by atoms with Crippen molar-refractivity contribution in [3.05, 3.63) is 54.6 Å². The lowest BCUT2D eigenvalue weighted by Gasteiger charge is -2.06. The maximum absolute atomic E-state index is 10.8. The van der Waals surface area contributed by atoms with Gasteiger partial charge in [0.05, 0.1) is 14.2 Å². The molecule has 0 bridgehead atoms. The van der Waals surface area contributed by atoms with E-state index in [2.05, 4.69) is 11.3 Å². The number of ether oxygens (including phenoxy) is 2. The van der Waals surface area contributed by atoms with E-state index in [0.717, 1.165) is 28.9 Å². The molecule has 0 heterocycles. The molecule has 104 valence electrons. The van der Waals surface area contributed by atoms with E-state index in [1.807, 2.05) is 30.3 Å². The molecule has 0 fully saturated rings. The highest BCUT2D eigenvalue weighted by atomic mass is 16.5. The molecule has 4 heteroatoms. The topological polar surface area (TPSA) is 52.6 Å². The summed E-state index contributed by atoms with van der Waals surface area (Å²) in [7, 11) is 2.94. The third-order valence-corrected chi connectivity index (χ3v) is 2.63. The van der Waals surface area contributed by atoms with Crippen LogP contribution in [-0.4, -0.2) is 26.5 Å². The highest BCUT2D eigenvalue weighted by molar-refractivity contribution is 6.00. The zero-order valence-corrected chi connectivity index (χ0v) is 11.5. The van der Waals surface area contributed by atoms with Gasteiger partial charge in [-0.2, -0.15) is 0 Å². The number of benzene rings is 2. The van der Waals surface area contributed by atoms with Crippen LogP contribution in [0, 0.1) is 0 Å². The molecule has 2 rings (SSSR count). The largest absolute Gasteiger partial charge is 0.496 e. The van der Waals surface area contributed by atoms with Crippen molar-refractivity contribution in [2.24, 2.45) is 0 Å². The van der Waals surface area contributed by atoms with Gasteiger partial charge in [-0.25, -0.2) is 4.79 Å². The summed E-state index contributed by atoms with van der Waals surface area (Å²) in [5.41, 5.74) is 0.696. The number of methoxy groups -OCH3 is 2. The Bertz CT molecular complexity index is 617. The zero-order chi connectivity index (χ0) is 15.0. The van der Waals surface area contributed by atoms with Crippen molar-refractivity contribution in [1.82, 2.24) is 0 Å². The van der Waals surface area contributed by atoms with E-state index >= 15 is 0 Å². The van der Waals surface area contributed by atoms with Gasteiger partial charge < -0.3 is 9.47 Å². The molecule has 0 atom stereocenters. The van der Waals surface area contributed by atoms with E-state index < -0.39 is 5.97 Å². The Morgan fingerprint density at radius 2 is 1.75 bits per heavy atom. The van der Waals surface area contributed by atoms with Crippen LogP contribution in [-0.2, 0) is 9.53 Å². The molecule has 0 radical (unpaired) electrons. The summed E-state index contributed by atoms with van der Waals surface area (Å²) >= 11 is 0. The van der Waals surface area contributed by atoms with Gasteiger partial charge in [0.15, 0.2) is 6.29 Å². The van der Waals surface area contributed by atoms with Crippen LogP contribution in [0.5, 0.6) is 5.75 Å². The molecule has 0 aliphatic heterocycles. The molecule has 0 unspecified atom stereocenters. The quantitative estimate of drug-likeness (QED) is 0.489. The van der Waals surface area contributed by atoms with E-state index in [0.29, 0.717) is 5.56 Å². The lowest BCUT2D eigenvalue weighted by molar-refractivity contribution is -0.134. The zero-order valence-electron chi connectivity index (χ0n) is 11.5. The minimum atomic E-state index is -0.394. The van der Waals surface area contributed by atoms with Gasteiger partial charge >= 0.3 is 5.97 Å². The number of carbonyl (C=O) groups excluding carboxylic acids is 2. The lowest BCUT2D eigenvalue weighted by atomic mass is 10.0.